The first-order chi connectivity index (χ1) is 9.74. The smallest absolute Gasteiger partial charge is 0.227 e. The number of rotatable bonds is 3. The van der Waals surface area contributed by atoms with Gasteiger partial charge in [0.2, 0.25) is 5.91 Å². The van der Waals surface area contributed by atoms with Crippen LogP contribution in [0.5, 0.6) is 0 Å². The van der Waals surface area contributed by atoms with E-state index in [0.717, 1.165) is 42.8 Å². The normalized spacial score (nSPS) is 19.2. The summed E-state index contributed by atoms with van der Waals surface area (Å²) < 4.78 is 5.17. The zero-order valence-corrected chi connectivity index (χ0v) is 12.4. The van der Waals surface area contributed by atoms with E-state index in [1.165, 1.54) is 0 Å². The Bertz CT molecular complexity index is 576. The average molecular weight is 290 g/mol. The molecule has 0 saturated carbocycles. The van der Waals surface area contributed by atoms with Gasteiger partial charge in [-0.2, -0.15) is 11.3 Å². The fourth-order valence-corrected chi connectivity index (χ4v) is 3.42. The lowest BCUT2D eigenvalue weighted by atomic mass is 9.98. The highest BCUT2D eigenvalue weighted by Crippen LogP contribution is 2.31. The van der Waals surface area contributed by atoms with Gasteiger partial charge in [-0.3, -0.25) is 4.79 Å². The first-order valence-electron chi connectivity index (χ1n) is 6.98. The van der Waals surface area contributed by atoms with Gasteiger partial charge in [-0.05, 0) is 48.6 Å². The Morgan fingerprint density at radius 1 is 1.55 bits per heavy atom. The highest BCUT2D eigenvalue weighted by atomic mass is 32.1. The van der Waals surface area contributed by atoms with E-state index in [9.17, 15) is 4.79 Å². The number of carbonyl (C=O) groups is 1. The lowest BCUT2D eigenvalue weighted by Gasteiger charge is -2.34. The minimum absolute atomic E-state index is 0.0762. The molecule has 1 atom stereocenters. The molecule has 3 rings (SSSR count). The maximum Gasteiger partial charge on any atom is 0.227 e. The molecule has 0 spiro atoms. The SMILES string of the molecule is Cc1cc([C@H]2CCCCN2C(=O)Cc2ccsc2)no1. The van der Waals surface area contributed by atoms with Gasteiger partial charge in [-0.25, -0.2) is 0 Å². The van der Waals surface area contributed by atoms with E-state index < -0.39 is 0 Å². The monoisotopic (exact) mass is 290 g/mol. The van der Waals surface area contributed by atoms with Crippen molar-refractivity contribution in [3.8, 4) is 0 Å². The van der Waals surface area contributed by atoms with Crippen LogP contribution in [0.25, 0.3) is 0 Å². The molecule has 0 aromatic carbocycles. The molecule has 3 heterocycles. The minimum Gasteiger partial charge on any atom is -0.361 e. The zero-order valence-electron chi connectivity index (χ0n) is 11.5. The van der Waals surface area contributed by atoms with E-state index in [1.807, 2.05) is 34.7 Å². The maximum absolute atomic E-state index is 12.5. The molecular formula is C15H18N2O2S. The van der Waals surface area contributed by atoms with Gasteiger partial charge >= 0.3 is 0 Å². The molecule has 2 aromatic heterocycles. The summed E-state index contributed by atoms with van der Waals surface area (Å²) in [5.74, 6) is 0.990. The highest BCUT2D eigenvalue weighted by Gasteiger charge is 2.29. The molecule has 0 radical (unpaired) electrons. The number of piperidine rings is 1. The second-order valence-electron chi connectivity index (χ2n) is 5.27. The topological polar surface area (TPSA) is 46.3 Å². The minimum atomic E-state index is 0.0762. The zero-order chi connectivity index (χ0) is 13.9. The predicted molar refractivity (Wildman–Crippen MR) is 77.6 cm³/mol. The number of likely N-dealkylation sites (tertiary alicyclic amines) is 1. The second kappa shape index (κ2) is 5.79. The fourth-order valence-electron chi connectivity index (χ4n) is 2.75. The van der Waals surface area contributed by atoms with E-state index in [2.05, 4.69) is 5.16 Å². The van der Waals surface area contributed by atoms with Crippen LogP contribution in [0.2, 0.25) is 0 Å². The van der Waals surface area contributed by atoms with E-state index in [4.69, 9.17) is 4.52 Å². The Morgan fingerprint density at radius 2 is 2.45 bits per heavy atom. The standard InChI is InChI=1S/C15H18N2O2S/c1-11-8-13(16-19-11)14-4-2-3-6-17(14)15(18)9-12-5-7-20-10-12/h5,7-8,10,14H,2-4,6,9H2,1H3/t14-/m1/s1. The summed E-state index contributed by atoms with van der Waals surface area (Å²) >= 11 is 1.63. The summed E-state index contributed by atoms with van der Waals surface area (Å²) in [5.41, 5.74) is 1.99. The van der Waals surface area contributed by atoms with E-state index >= 15 is 0 Å². The van der Waals surface area contributed by atoms with Crippen molar-refractivity contribution in [1.29, 1.82) is 0 Å². The third kappa shape index (κ3) is 2.77. The first kappa shape index (κ1) is 13.4. The van der Waals surface area contributed by atoms with Gasteiger partial charge < -0.3 is 9.42 Å². The van der Waals surface area contributed by atoms with Gasteiger partial charge in [-0.1, -0.05) is 5.16 Å². The average Bonchev–Trinajstić information content (AvgIpc) is 3.10. The fraction of sp³-hybridized carbons (Fsp3) is 0.467. The van der Waals surface area contributed by atoms with Gasteiger partial charge in [0.05, 0.1) is 12.5 Å². The molecular weight excluding hydrogens is 272 g/mol. The molecule has 1 amide bonds. The number of aryl methyl sites for hydroxylation is 1. The van der Waals surface area contributed by atoms with Crippen LogP contribution in [0, 0.1) is 6.92 Å². The third-order valence-electron chi connectivity index (χ3n) is 3.75. The van der Waals surface area contributed by atoms with Crippen molar-refractivity contribution >= 4 is 17.2 Å². The molecule has 0 unspecified atom stereocenters. The number of nitrogens with zero attached hydrogens (tertiary/aromatic N) is 2. The van der Waals surface area contributed by atoms with Crippen molar-refractivity contribution in [3.05, 3.63) is 39.9 Å². The van der Waals surface area contributed by atoms with Crippen molar-refractivity contribution in [1.82, 2.24) is 10.1 Å². The number of aromatic nitrogens is 1. The summed E-state index contributed by atoms with van der Waals surface area (Å²) in [5, 5.41) is 8.15. The molecule has 0 aliphatic carbocycles. The van der Waals surface area contributed by atoms with Crippen LogP contribution >= 0.6 is 11.3 Å². The molecule has 0 N–H and O–H groups in total. The summed E-state index contributed by atoms with van der Waals surface area (Å²) in [6.07, 6.45) is 3.67. The highest BCUT2D eigenvalue weighted by molar-refractivity contribution is 7.07. The Kier molecular flexibility index (Phi) is 3.87. The Hall–Kier alpha value is -1.62. The number of hydrogen-bond acceptors (Lipinski definition) is 4. The predicted octanol–water partition coefficient (Wildman–Crippen LogP) is 3.34. The first-order valence-corrected chi connectivity index (χ1v) is 7.92. The molecule has 2 aromatic rings. The van der Waals surface area contributed by atoms with Crippen molar-refractivity contribution in [3.63, 3.8) is 0 Å². The number of thiophene rings is 1. The summed E-state index contributed by atoms with van der Waals surface area (Å²) in [7, 11) is 0. The molecule has 1 fully saturated rings. The van der Waals surface area contributed by atoms with Crippen LogP contribution in [-0.4, -0.2) is 22.5 Å². The van der Waals surface area contributed by atoms with Crippen LogP contribution in [-0.2, 0) is 11.2 Å². The van der Waals surface area contributed by atoms with Crippen LogP contribution in [0.15, 0.2) is 27.4 Å². The van der Waals surface area contributed by atoms with Gasteiger partial charge in [-0.15, -0.1) is 0 Å². The van der Waals surface area contributed by atoms with Gasteiger partial charge in [0, 0.05) is 12.6 Å². The van der Waals surface area contributed by atoms with E-state index in [-0.39, 0.29) is 11.9 Å². The molecule has 5 heteroatoms. The number of carbonyl (C=O) groups excluding carboxylic acids is 1. The maximum atomic E-state index is 12.5. The molecule has 1 aliphatic heterocycles. The van der Waals surface area contributed by atoms with E-state index in [1.54, 1.807) is 11.3 Å². The lowest BCUT2D eigenvalue weighted by Crippen LogP contribution is -2.39. The molecule has 20 heavy (non-hydrogen) atoms. The van der Waals surface area contributed by atoms with Crippen molar-refractivity contribution in [2.24, 2.45) is 0 Å². The van der Waals surface area contributed by atoms with Crippen LogP contribution in [0.3, 0.4) is 0 Å². The lowest BCUT2D eigenvalue weighted by molar-refractivity contribution is -0.134. The summed E-state index contributed by atoms with van der Waals surface area (Å²) in [4.78, 5) is 14.5. The van der Waals surface area contributed by atoms with Crippen LogP contribution < -0.4 is 0 Å². The quantitative estimate of drug-likeness (QED) is 0.871. The van der Waals surface area contributed by atoms with Crippen LogP contribution in [0.4, 0.5) is 0 Å². The van der Waals surface area contributed by atoms with Crippen molar-refractivity contribution in [2.45, 2.75) is 38.6 Å². The Labute approximate surface area is 122 Å². The number of hydrogen-bond donors (Lipinski definition) is 0. The third-order valence-corrected chi connectivity index (χ3v) is 4.48. The summed E-state index contributed by atoms with van der Waals surface area (Å²) in [6, 6.07) is 4.04. The van der Waals surface area contributed by atoms with Gasteiger partial charge in [0.1, 0.15) is 11.5 Å². The Balaban J connectivity index is 1.76. The van der Waals surface area contributed by atoms with Crippen LogP contribution in [0.1, 0.15) is 42.3 Å². The summed E-state index contributed by atoms with van der Waals surface area (Å²) in [6.45, 7) is 2.70. The molecule has 0 bridgehead atoms. The molecule has 106 valence electrons. The van der Waals surface area contributed by atoms with Crippen molar-refractivity contribution in [2.75, 3.05) is 6.54 Å². The van der Waals surface area contributed by atoms with Crippen molar-refractivity contribution < 1.29 is 9.32 Å². The van der Waals surface area contributed by atoms with Gasteiger partial charge in [0.25, 0.3) is 0 Å². The Morgan fingerprint density at radius 3 is 3.15 bits per heavy atom. The molecule has 4 nitrogen and oxygen atoms in total. The molecule has 1 saturated heterocycles. The largest absolute Gasteiger partial charge is 0.361 e. The van der Waals surface area contributed by atoms with E-state index in [0.29, 0.717) is 6.42 Å². The number of amides is 1. The molecule has 1 aliphatic rings. The van der Waals surface area contributed by atoms with Gasteiger partial charge in [0.15, 0.2) is 0 Å². The second-order valence-corrected chi connectivity index (χ2v) is 6.05.